The molecule has 0 saturated carbocycles. The smallest absolute Gasteiger partial charge is 0.325 e. The van der Waals surface area contributed by atoms with Crippen molar-refractivity contribution in [1.29, 1.82) is 0 Å². The van der Waals surface area contributed by atoms with E-state index in [4.69, 9.17) is 15.2 Å². The summed E-state index contributed by atoms with van der Waals surface area (Å²) in [5, 5.41) is 2.37. The predicted molar refractivity (Wildman–Crippen MR) is 76.8 cm³/mol. The van der Waals surface area contributed by atoms with Crippen LogP contribution in [0.5, 0.6) is 0 Å². The van der Waals surface area contributed by atoms with Gasteiger partial charge in [-0.05, 0) is 26.3 Å². The Kier molecular flexibility index (Phi) is 10.0. The molecular weight excluding hydrogens is 260 g/mol. The molecule has 1 amide bonds. The second kappa shape index (κ2) is 11.0. The number of hydrogen-bond donors (Lipinski definition) is 2. The number of nitrogens with two attached hydrogens (primary N) is 1. The lowest BCUT2D eigenvalue weighted by atomic mass is 10.3. The van der Waals surface area contributed by atoms with Gasteiger partial charge in [0, 0.05) is 0 Å². The van der Waals surface area contributed by atoms with E-state index in [1.54, 1.807) is 0 Å². The van der Waals surface area contributed by atoms with E-state index in [1.807, 2.05) is 32.1 Å². The van der Waals surface area contributed by atoms with Gasteiger partial charge in [0.15, 0.2) is 0 Å². The minimum absolute atomic E-state index is 0.134. The first-order valence-corrected chi connectivity index (χ1v) is 6.62. The molecule has 0 radical (unpaired) electrons. The molecule has 0 aromatic heterocycles. The lowest BCUT2D eigenvalue weighted by Gasteiger charge is -2.09. The third kappa shape index (κ3) is 10.1. The second-order valence-electron chi connectivity index (χ2n) is 4.19. The van der Waals surface area contributed by atoms with E-state index < -0.39 is 12.0 Å². The monoisotopic (exact) mass is 284 g/mol. The van der Waals surface area contributed by atoms with Gasteiger partial charge in [-0.1, -0.05) is 19.1 Å². The van der Waals surface area contributed by atoms with Gasteiger partial charge in [-0.15, -0.1) is 0 Å². The average Bonchev–Trinajstić information content (AvgIpc) is 2.41. The zero-order valence-corrected chi connectivity index (χ0v) is 12.3. The van der Waals surface area contributed by atoms with Crippen molar-refractivity contribution in [1.82, 2.24) is 5.32 Å². The van der Waals surface area contributed by atoms with Crippen molar-refractivity contribution in [2.45, 2.75) is 33.2 Å². The van der Waals surface area contributed by atoms with Gasteiger partial charge in [-0.2, -0.15) is 0 Å². The number of carbonyl (C=O) groups excluding carboxylic acids is 2. The summed E-state index contributed by atoms with van der Waals surface area (Å²) in [4.78, 5) is 22.4. The van der Waals surface area contributed by atoms with Crippen molar-refractivity contribution < 1.29 is 19.1 Å². The molecular formula is C14H24N2O4. The Morgan fingerprint density at radius 1 is 1.30 bits per heavy atom. The normalized spacial score (nSPS) is 13.1. The van der Waals surface area contributed by atoms with Crippen molar-refractivity contribution in [2.75, 3.05) is 19.8 Å². The maximum absolute atomic E-state index is 11.3. The average molecular weight is 284 g/mol. The van der Waals surface area contributed by atoms with Gasteiger partial charge in [-0.3, -0.25) is 9.59 Å². The zero-order chi connectivity index (χ0) is 15.4. The fraction of sp³-hybridized carbons (Fsp3) is 0.571. The zero-order valence-electron chi connectivity index (χ0n) is 12.3. The first kappa shape index (κ1) is 18.2. The fourth-order valence-corrected chi connectivity index (χ4v) is 1.12. The number of rotatable bonds is 9. The second-order valence-corrected chi connectivity index (χ2v) is 4.19. The third-order valence-electron chi connectivity index (χ3n) is 2.20. The van der Waals surface area contributed by atoms with Gasteiger partial charge in [0.05, 0.1) is 11.8 Å². The molecule has 20 heavy (non-hydrogen) atoms. The van der Waals surface area contributed by atoms with Gasteiger partial charge < -0.3 is 20.5 Å². The van der Waals surface area contributed by atoms with E-state index in [0.717, 1.165) is 12.2 Å². The summed E-state index contributed by atoms with van der Waals surface area (Å²) in [6.45, 7) is 5.63. The summed E-state index contributed by atoms with van der Waals surface area (Å²) in [7, 11) is 0. The highest BCUT2D eigenvalue weighted by atomic mass is 16.6. The number of carbonyl (C=O) groups is 2. The predicted octanol–water partition coefficient (Wildman–Crippen LogP) is 0.880. The lowest BCUT2D eigenvalue weighted by molar-refractivity contribution is -0.145. The molecule has 0 fully saturated rings. The van der Waals surface area contributed by atoms with Crippen LogP contribution in [0, 0.1) is 0 Å². The van der Waals surface area contributed by atoms with Crippen molar-refractivity contribution >= 4 is 11.9 Å². The van der Waals surface area contributed by atoms with Crippen LogP contribution in [0.4, 0.5) is 0 Å². The highest BCUT2D eigenvalue weighted by Crippen LogP contribution is 1.96. The van der Waals surface area contributed by atoms with Crippen molar-refractivity contribution in [3.63, 3.8) is 0 Å². The Morgan fingerprint density at radius 3 is 2.55 bits per heavy atom. The summed E-state index contributed by atoms with van der Waals surface area (Å²) in [5.41, 5.74) is 5.33. The first-order chi connectivity index (χ1) is 9.47. The number of ether oxygens (including phenoxy) is 2. The molecule has 0 spiro atoms. The highest BCUT2D eigenvalue weighted by molar-refractivity contribution is 5.85. The van der Waals surface area contributed by atoms with Crippen molar-refractivity contribution in [2.24, 2.45) is 5.73 Å². The molecule has 0 aliphatic heterocycles. The quantitative estimate of drug-likeness (QED) is 0.284. The van der Waals surface area contributed by atoms with Crippen LogP contribution in [0.25, 0.3) is 0 Å². The van der Waals surface area contributed by atoms with Crippen LogP contribution in [0.15, 0.2) is 24.0 Å². The molecule has 0 saturated heterocycles. The molecule has 1 atom stereocenters. The summed E-state index contributed by atoms with van der Waals surface area (Å²) in [6.07, 6.45) is 6.72. The molecule has 0 bridgehead atoms. The highest BCUT2D eigenvalue weighted by Gasteiger charge is 2.09. The molecule has 0 aliphatic rings. The number of hydrogen-bond acceptors (Lipinski definition) is 5. The molecule has 6 heteroatoms. The van der Waals surface area contributed by atoms with Gasteiger partial charge in [-0.25, -0.2) is 0 Å². The molecule has 0 rings (SSSR count). The maximum atomic E-state index is 11.3. The van der Waals surface area contributed by atoms with Crippen LogP contribution in [0.1, 0.15) is 27.2 Å². The molecule has 6 nitrogen and oxygen atoms in total. The van der Waals surface area contributed by atoms with E-state index in [-0.39, 0.29) is 25.7 Å². The van der Waals surface area contributed by atoms with E-state index in [0.29, 0.717) is 0 Å². The van der Waals surface area contributed by atoms with Crippen molar-refractivity contribution in [3.05, 3.63) is 24.0 Å². The summed E-state index contributed by atoms with van der Waals surface area (Å²) >= 11 is 0. The SMILES string of the molecule is CC/C=C\C=C(/C)OCCOC(=O)CNC(=O)[C@H](C)N. The molecule has 0 aromatic rings. The number of amides is 1. The minimum atomic E-state index is -0.643. The van der Waals surface area contributed by atoms with Crippen LogP contribution in [0.2, 0.25) is 0 Å². The number of allylic oxidation sites excluding steroid dienone is 4. The first-order valence-electron chi connectivity index (χ1n) is 6.62. The third-order valence-corrected chi connectivity index (χ3v) is 2.20. The Balaban J connectivity index is 3.69. The summed E-state index contributed by atoms with van der Waals surface area (Å²) in [5.74, 6) is -0.161. The Bertz CT molecular complexity index is 362. The molecule has 0 unspecified atom stereocenters. The van der Waals surface area contributed by atoms with E-state index in [2.05, 4.69) is 5.32 Å². The summed E-state index contributed by atoms with van der Waals surface area (Å²) in [6, 6.07) is -0.643. The van der Waals surface area contributed by atoms with E-state index in [1.165, 1.54) is 6.92 Å². The van der Waals surface area contributed by atoms with E-state index >= 15 is 0 Å². The van der Waals surface area contributed by atoms with Gasteiger partial charge >= 0.3 is 5.97 Å². The Labute approximate surface area is 120 Å². The number of esters is 1. The minimum Gasteiger partial charge on any atom is -0.495 e. The molecule has 3 N–H and O–H groups in total. The van der Waals surface area contributed by atoms with Gasteiger partial charge in [0.1, 0.15) is 19.8 Å². The Morgan fingerprint density at radius 2 is 1.95 bits per heavy atom. The molecule has 114 valence electrons. The molecule has 0 heterocycles. The summed E-state index contributed by atoms with van der Waals surface area (Å²) < 4.78 is 10.2. The maximum Gasteiger partial charge on any atom is 0.325 e. The lowest BCUT2D eigenvalue weighted by Crippen LogP contribution is -2.41. The fourth-order valence-electron chi connectivity index (χ4n) is 1.12. The number of nitrogens with one attached hydrogen (secondary N) is 1. The van der Waals surface area contributed by atoms with Crippen LogP contribution in [-0.2, 0) is 19.1 Å². The molecule has 0 aliphatic carbocycles. The van der Waals surface area contributed by atoms with Gasteiger partial charge in [0.25, 0.3) is 0 Å². The molecule has 0 aromatic carbocycles. The Hall–Kier alpha value is -1.82. The van der Waals surface area contributed by atoms with Crippen molar-refractivity contribution in [3.8, 4) is 0 Å². The van der Waals surface area contributed by atoms with E-state index in [9.17, 15) is 9.59 Å². The standard InChI is InChI=1S/C14H24N2O4/c1-4-5-6-7-11(2)19-8-9-20-13(17)10-16-14(18)12(3)15/h5-7,12H,4,8-10,15H2,1-3H3,(H,16,18)/b6-5-,11-7+/t12-/m0/s1. The van der Waals surface area contributed by atoms with Crippen LogP contribution in [0.3, 0.4) is 0 Å². The van der Waals surface area contributed by atoms with Gasteiger partial charge in [0.2, 0.25) is 5.91 Å². The van der Waals surface area contributed by atoms with Crippen LogP contribution < -0.4 is 11.1 Å². The van der Waals surface area contributed by atoms with Crippen LogP contribution in [-0.4, -0.2) is 37.7 Å². The largest absolute Gasteiger partial charge is 0.495 e. The topological polar surface area (TPSA) is 90.6 Å². The van der Waals surface area contributed by atoms with Crippen LogP contribution >= 0.6 is 0 Å².